The topological polar surface area (TPSA) is 59.5 Å². The van der Waals surface area contributed by atoms with Gasteiger partial charge in [-0.05, 0) is 93.2 Å². The van der Waals surface area contributed by atoms with Gasteiger partial charge in [-0.25, -0.2) is 4.99 Å². The average Bonchev–Trinajstić information content (AvgIpc) is 3.59. The van der Waals surface area contributed by atoms with Crippen LogP contribution in [0.1, 0.15) is 81.8 Å². The van der Waals surface area contributed by atoms with Gasteiger partial charge in [-0.1, -0.05) is 39.0 Å². The van der Waals surface area contributed by atoms with Crippen molar-refractivity contribution in [2.45, 2.75) is 74.3 Å². The summed E-state index contributed by atoms with van der Waals surface area (Å²) in [5.41, 5.74) is 9.23. The van der Waals surface area contributed by atoms with E-state index in [1.807, 2.05) is 18.3 Å². The molecule has 0 unspecified atom stereocenters. The second-order valence-electron chi connectivity index (χ2n) is 11.9. The minimum Gasteiger partial charge on any atom is -0.467 e. The van der Waals surface area contributed by atoms with Crippen molar-refractivity contribution in [3.8, 4) is 5.69 Å². The van der Waals surface area contributed by atoms with Gasteiger partial charge in [0, 0.05) is 28.0 Å². The number of benzene rings is 1. The van der Waals surface area contributed by atoms with E-state index in [0.717, 1.165) is 46.8 Å². The normalized spacial score (nSPS) is 15.6. The fourth-order valence-corrected chi connectivity index (χ4v) is 7.12. The van der Waals surface area contributed by atoms with Gasteiger partial charge in [-0.2, -0.15) is 0 Å². The molecule has 3 heterocycles. The number of fused-ring (bicyclic) bond motifs is 1. The van der Waals surface area contributed by atoms with E-state index >= 15 is 0 Å². The van der Waals surface area contributed by atoms with Crippen molar-refractivity contribution in [1.29, 1.82) is 0 Å². The summed E-state index contributed by atoms with van der Waals surface area (Å²) in [6.07, 6.45) is 6.57. The maximum Gasteiger partial charge on any atom is 0.255 e. The van der Waals surface area contributed by atoms with Crippen molar-refractivity contribution in [1.82, 2.24) is 9.88 Å². The Morgan fingerprint density at radius 1 is 1.15 bits per heavy atom. The molecule has 0 spiro atoms. The molecule has 4 aromatic rings. The lowest BCUT2D eigenvalue weighted by atomic mass is 9.72. The van der Waals surface area contributed by atoms with E-state index in [-0.39, 0.29) is 11.3 Å². The average molecular weight is 542 g/mol. The van der Waals surface area contributed by atoms with Gasteiger partial charge in [0.1, 0.15) is 10.8 Å². The number of aliphatic imine (C=N–C) groups is 1. The Morgan fingerprint density at radius 3 is 2.56 bits per heavy atom. The van der Waals surface area contributed by atoms with Gasteiger partial charge < -0.3 is 14.3 Å². The van der Waals surface area contributed by atoms with Gasteiger partial charge >= 0.3 is 0 Å². The summed E-state index contributed by atoms with van der Waals surface area (Å²) in [4.78, 5) is 19.8. The van der Waals surface area contributed by atoms with Crippen molar-refractivity contribution in [2.24, 2.45) is 16.3 Å². The zero-order valence-electron chi connectivity index (χ0n) is 24.1. The third kappa shape index (κ3) is 5.40. The first kappa shape index (κ1) is 27.2. The van der Waals surface area contributed by atoms with Crippen molar-refractivity contribution in [2.75, 3.05) is 0 Å². The molecule has 0 radical (unpaired) electrons. The maximum absolute atomic E-state index is 13.5. The lowest BCUT2D eigenvalue weighted by Gasteiger charge is -2.33. The molecule has 0 aliphatic heterocycles. The lowest BCUT2D eigenvalue weighted by molar-refractivity contribution is 0.0947. The zero-order chi connectivity index (χ0) is 27.9. The van der Waals surface area contributed by atoms with Gasteiger partial charge in [-0.15, -0.1) is 11.3 Å². The molecule has 0 fully saturated rings. The molecule has 5 nitrogen and oxygen atoms in total. The number of nitrogens with zero attached hydrogens (tertiary/aromatic N) is 2. The first-order valence-corrected chi connectivity index (χ1v) is 14.6. The standard InChI is InChI=1S/C33H39N3O2S/c1-20-10-8-11-21(2)30(20)36-22(3)16-24(23(36)4)18-35-32-29(31(37)34-19-26-12-9-15-38-26)27-14-13-25(33(5,6)7)17-28(27)39-32/h8-12,15-16,18,25H,13-14,17,19H2,1-7H3,(H,34,37)/t25-/m0/s1. The predicted molar refractivity (Wildman–Crippen MR) is 161 cm³/mol. The van der Waals surface area contributed by atoms with Crippen LogP contribution in [-0.2, 0) is 19.4 Å². The minimum atomic E-state index is -0.0775. The Kier molecular flexibility index (Phi) is 7.43. The number of rotatable bonds is 6. The Bertz CT molecular complexity index is 1510. The number of carbonyl (C=O) groups is 1. The molecular weight excluding hydrogens is 502 g/mol. The molecule has 1 N–H and O–H groups in total. The quantitative estimate of drug-likeness (QED) is 0.250. The fourth-order valence-electron chi connectivity index (χ4n) is 5.85. The number of amides is 1. The van der Waals surface area contributed by atoms with Crippen LogP contribution in [0, 0.1) is 39.0 Å². The van der Waals surface area contributed by atoms with Gasteiger partial charge in [0.05, 0.1) is 24.1 Å². The van der Waals surface area contributed by atoms with Crippen LogP contribution in [0.2, 0.25) is 0 Å². The fraction of sp³-hybridized carbons (Fsp3) is 0.394. The van der Waals surface area contributed by atoms with Crippen LogP contribution < -0.4 is 5.32 Å². The molecule has 1 aliphatic carbocycles. The number of nitrogens with one attached hydrogen (secondary N) is 1. The van der Waals surface area contributed by atoms with E-state index in [4.69, 9.17) is 9.41 Å². The second-order valence-corrected chi connectivity index (χ2v) is 13.0. The summed E-state index contributed by atoms with van der Waals surface area (Å²) in [7, 11) is 0. The van der Waals surface area contributed by atoms with Crippen LogP contribution in [0.15, 0.2) is 52.1 Å². The minimum absolute atomic E-state index is 0.0775. The Morgan fingerprint density at radius 2 is 1.90 bits per heavy atom. The number of hydrogen-bond donors (Lipinski definition) is 1. The number of aromatic nitrogens is 1. The Hall–Kier alpha value is -3.38. The molecule has 1 atom stereocenters. The smallest absolute Gasteiger partial charge is 0.255 e. The molecule has 6 heteroatoms. The summed E-state index contributed by atoms with van der Waals surface area (Å²) in [5, 5.41) is 3.87. The van der Waals surface area contributed by atoms with Crippen molar-refractivity contribution in [3.05, 3.63) is 92.5 Å². The highest BCUT2D eigenvalue weighted by atomic mass is 32.1. The largest absolute Gasteiger partial charge is 0.467 e. The van der Waals surface area contributed by atoms with E-state index < -0.39 is 0 Å². The molecule has 0 saturated carbocycles. The molecule has 1 amide bonds. The van der Waals surface area contributed by atoms with E-state index in [1.165, 1.54) is 32.9 Å². The summed E-state index contributed by atoms with van der Waals surface area (Å²) < 4.78 is 7.75. The maximum atomic E-state index is 13.5. The van der Waals surface area contributed by atoms with Crippen LogP contribution >= 0.6 is 11.3 Å². The van der Waals surface area contributed by atoms with Crippen LogP contribution in [0.4, 0.5) is 5.00 Å². The third-order valence-corrected chi connectivity index (χ3v) is 9.32. The van der Waals surface area contributed by atoms with E-state index in [1.54, 1.807) is 17.6 Å². The van der Waals surface area contributed by atoms with Crippen LogP contribution in [0.3, 0.4) is 0 Å². The monoisotopic (exact) mass is 541 g/mol. The zero-order valence-corrected chi connectivity index (χ0v) is 25.0. The van der Waals surface area contributed by atoms with E-state index in [2.05, 4.69) is 82.6 Å². The number of thiophene rings is 1. The third-order valence-electron chi connectivity index (χ3n) is 8.16. The molecular formula is C33H39N3O2S. The molecule has 1 aliphatic rings. The highest BCUT2D eigenvalue weighted by molar-refractivity contribution is 7.16. The first-order chi connectivity index (χ1) is 18.5. The van der Waals surface area contributed by atoms with Gasteiger partial charge in [0.2, 0.25) is 0 Å². The highest BCUT2D eigenvalue weighted by Gasteiger charge is 2.33. The molecule has 0 bridgehead atoms. The molecule has 1 aromatic carbocycles. The van der Waals surface area contributed by atoms with Gasteiger partial charge in [-0.3, -0.25) is 4.79 Å². The Labute approximate surface area is 236 Å². The SMILES string of the molecule is Cc1cccc(C)c1-n1c(C)cc(C=Nc2sc3c(c2C(=O)NCc2ccco2)CC[C@H](C(C)(C)C)C3)c1C. The predicted octanol–water partition coefficient (Wildman–Crippen LogP) is 8.20. The van der Waals surface area contributed by atoms with Gasteiger partial charge in [0.15, 0.2) is 0 Å². The molecule has 39 heavy (non-hydrogen) atoms. The summed E-state index contributed by atoms with van der Waals surface area (Å²) >= 11 is 1.68. The van der Waals surface area contributed by atoms with Crippen molar-refractivity contribution < 1.29 is 9.21 Å². The van der Waals surface area contributed by atoms with Crippen LogP contribution in [-0.4, -0.2) is 16.7 Å². The lowest BCUT2D eigenvalue weighted by Crippen LogP contribution is -2.28. The molecule has 3 aromatic heterocycles. The second kappa shape index (κ2) is 10.6. The van der Waals surface area contributed by atoms with E-state index in [9.17, 15) is 4.79 Å². The van der Waals surface area contributed by atoms with Crippen molar-refractivity contribution in [3.63, 3.8) is 0 Å². The Balaban J connectivity index is 1.51. The summed E-state index contributed by atoms with van der Waals surface area (Å²) in [6.45, 7) is 15.9. The van der Waals surface area contributed by atoms with Gasteiger partial charge in [0.25, 0.3) is 5.91 Å². The van der Waals surface area contributed by atoms with Crippen LogP contribution in [0.5, 0.6) is 0 Å². The van der Waals surface area contributed by atoms with Crippen molar-refractivity contribution >= 4 is 28.5 Å². The number of hydrogen-bond acceptors (Lipinski definition) is 4. The highest BCUT2D eigenvalue weighted by Crippen LogP contribution is 2.45. The first-order valence-electron chi connectivity index (χ1n) is 13.8. The molecule has 5 rings (SSSR count). The number of furan rings is 1. The number of carbonyl (C=O) groups excluding carboxylic acids is 1. The molecule has 0 saturated heterocycles. The molecule has 204 valence electrons. The summed E-state index contributed by atoms with van der Waals surface area (Å²) in [6, 6.07) is 12.3. The summed E-state index contributed by atoms with van der Waals surface area (Å²) in [5.74, 6) is 1.26. The van der Waals surface area contributed by atoms with E-state index in [0.29, 0.717) is 12.5 Å². The number of aryl methyl sites for hydroxylation is 3. The number of para-hydroxylation sites is 1. The van der Waals surface area contributed by atoms with Crippen LogP contribution in [0.25, 0.3) is 5.69 Å².